The lowest BCUT2D eigenvalue weighted by Gasteiger charge is -2.41. The number of aromatic nitrogens is 2. The van der Waals surface area contributed by atoms with Crippen LogP contribution in [0.15, 0.2) is 77.7 Å². The summed E-state index contributed by atoms with van der Waals surface area (Å²) in [6.07, 6.45) is 1.69. The third-order valence-corrected chi connectivity index (χ3v) is 6.58. The van der Waals surface area contributed by atoms with Crippen LogP contribution in [0.1, 0.15) is 22.7 Å². The van der Waals surface area contributed by atoms with Crippen molar-refractivity contribution in [2.75, 3.05) is 31.1 Å². The van der Waals surface area contributed by atoms with Crippen molar-refractivity contribution in [3.8, 4) is 11.8 Å². The maximum Gasteiger partial charge on any atom is 0.270 e. The zero-order valence-corrected chi connectivity index (χ0v) is 18.9. The van der Waals surface area contributed by atoms with Crippen LogP contribution < -0.4 is 10.5 Å². The number of aromatic hydroxyl groups is 1. The molecule has 1 atom stereocenters. The molecule has 1 unspecified atom stereocenters. The van der Waals surface area contributed by atoms with Crippen LogP contribution in [0.2, 0.25) is 0 Å². The molecule has 3 heterocycles. The van der Waals surface area contributed by atoms with Gasteiger partial charge in [0, 0.05) is 45.0 Å². The van der Waals surface area contributed by atoms with Crippen molar-refractivity contribution in [2.24, 2.45) is 7.05 Å². The van der Waals surface area contributed by atoms with Gasteiger partial charge in [0.05, 0.1) is 17.2 Å². The lowest BCUT2D eigenvalue weighted by molar-refractivity contribution is 0.209. The Bertz CT molecular complexity index is 1430. The Balaban J connectivity index is 1.51. The maximum atomic E-state index is 12.9. The summed E-state index contributed by atoms with van der Waals surface area (Å²) >= 11 is 0. The van der Waals surface area contributed by atoms with E-state index in [1.807, 2.05) is 42.5 Å². The number of para-hydroxylation sites is 1. The van der Waals surface area contributed by atoms with E-state index in [0.29, 0.717) is 42.9 Å². The van der Waals surface area contributed by atoms with Gasteiger partial charge in [-0.2, -0.15) is 5.26 Å². The molecule has 0 bridgehead atoms. The molecule has 170 valence electrons. The molecule has 0 radical (unpaired) electrons. The Hall–Kier alpha value is -4.15. The van der Waals surface area contributed by atoms with Gasteiger partial charge in [-0.1, -0.05) is 48.5 Å². The summed E-state index contributed by atoms with van der Waals surface area (Å²) in [7, 11) is 1.67. The molecular formula is C27H25N5O2. The Labute approximate surface area is 197 Å². The van der Waals surface area contributed by atoms with Gasteiger partial charge >= 0.3 is 0 Å². The fraction of sp³-hybridized carbons (Fsp3) is 0.222. The SMILES string of the molecule is Cn1c(=O)c(C#N)c(N2CCN(C(c3ccccc3)c3ccccc3O)CC2)c2ncccc21. The third-order valence-electron chi connectivity index (χ3n) is 6.58. The normalized spacial score (nSPS) is 15.2. The van der Waals surface area contributed by atoms with Gasteiger partial charge in [-0.3, -0.25) is 14.7 Å². The lowest BCUT2D eigenvalue weighted by atomic mass is 9.95. The Kier molecular flexibility index (Phi) is 5.74. The molecule has 1 aliphatic rings. The van der Waals surface area contributed by atoms with Crippen LogP contribution in [0.5, 0.6) is 5.75 Å². The highest BCUT2D eigenvalue weighted by Gasteiger charge is 2.30. The van der Waals surface area contributed by atoms with Gasteiger partial charge in [0.25, 0.3) is 5.56 Å². The second kappa shape index (κ2) is 9.00. The summed E-state index contributed by atoms with van der Waals surface area (Å²) in [6, 6.07) is 23.3. The van der Waals surface area contributed by atoms with Crippen LogP contribution in [0.4, 0.5) is 5.69 Å². The molecule has 1 saturated heterocycles. The third kappa shape index (κ3) is 3.68. The van der Waals surface area contributed by atoms with Gasteiger partial charge in [-0.25, -0.2) is 0 Å². The monoisotopic (exact) mass is 451 g/mol. The molecule has 0 aliphatic carbocycles. The fourth-order valence-electron chi connectivity index (χ4n) is 4.90. The highest BCUT2D eigenvalue weighted by Crippen LogP contribution is 2.36. The number of hydrogen-bond donors (Lipinski definition) is 1. The van der Waals surface area contributed by atoms with Gasteiger partial charge in [0.1, 0.15) is 22.9 Å². The summed E-state index contributed by atoms with van der Waals surface area (Å²) < 4.78 is 1.49. The molecule has 0 saturated carbocycles. The molecule has 34 heavy (non-hydrogen) atoms. The van der Waals surface area contributed by atoms with Crippen LogP contribution in [-0.4, -0.2) is 45.7 Å². The minimum absolute atomic E-state index is 0.0986. The van der Waals surface area contributed by atoms with Crippen LogP contribution in [0.25, 0.3) is 11.0 Å². The Morgan fingerprint density at radius 2 is 1.68 bits per heavy atom. The molecule has 4 aromatic rings. The van der Waals surface area contributed by atoms with E-state index in [2.05, 4.69) is 33.0 Å². The van der Waals surface area contributed by atoms with Crippen molar-refractivity contribution < 1.29 is 5.11 Å². The second-order valence-corrected chi connectivity index (χ2v) is 8.47. The molecule has 0 amide bonds. The number of phenols is 1. The first-order chi connectivity index (χ1) is 16.6. The van der Waals surface area contributed by atoms with Crippen molar-refractivity contribution in [3.63, 3.8) is 0 Å². The largest absolute Gasteiger partial charge is 0.508 e. The average Bonchev–Trinajstić information content (AvgIpc) is 2.88. The van der Waals surface area contributed by atoms with Gasteiger partial charge in [-0.05, 0) is 23.8 Å². The van der Waals surface area contributed by atoms with Crippen molar-refractivity contribution in [3.05, 3.63) is 100.0 Å². The second-order valence-electron chi connectivity index (χ2n) is 8.47. The van der Waals surface area contributed by atoms with Gasteiger partial charge in [0.15, 0.2) is 0 Å². The Morgan fingerprint density at radius 3 is 2.38 bits per heavy atom. The zero-order chi connectivity index (χ0) is 23.7. The summed E-state index contributed by atoms with van der Waals surface area (Å²) in [5.41, 5.74) is 3.77. The first-order valence-corrected chi connectivity index (χ1v) is 11.3. The number of hydrogen-bond acceptors (Lipinski definition) is 6. The highest BCUT2D eigenvalue weighted by atomic mass is 16.3. The lowest BCUT2D eigenvalue weighted by Crippen LogP contribution is -2.48. The first-order valence-electron chi connectivity index (χ1n) is 11.3. The molecule has 1 fully saturated rings. The van der Waals surface area contributed by atoms with E-state index in [-0.39, 0.29) is 22.9 Å². The molecule has 2 aromatic heterocycles. The predicted octanol–water partition coefficient (Wildman–Crippen LogP) is 3.42. The number of anilines is 1. The van der Waals surface area contributed by atoms with E-state index < -0.39 is 0 Å². The maximum absolute atomic E-state index is 12.9. The van der Waals surface area contributed by atoms with E-state index in [1.54, 1.807) is 25.4 Å². The van der Waals surface area contributed by atoms with Crippen LogP contribution in [-0.2, 0) is 7.05 Å². The van der Waals surface area contributed by atoms with Crippen LogP contribution >= 0.6 is 0 Å². The number of aryl methyl sites for hydroxylation is 1. The summed E-state index contributed by atoms with van der Waals surface area (Å²) in [6.45, 7) is 2.65. The Morgan fingerprint density at radius 1 is 0.971 bits per heavy atom. The molecule has 1 aliphatic heterocycles. The molecular weight excluding hydrogens is 426 g/mol. The number of benzene rings is 2. The molecule has 7 heteroatoms. The number of nitrogens with zero attached hydrogens (tertiary/aromatic N) is 5. The topological polar surface area (TPSA) is 85.4 Å². The molecule has 1 N–H and O–H groups in total. The number of piperazine rings is 1. The van der Waals surface area contributed by atoms with Gasteiger partial charge < -0.3 is 14.6 Å². The van der Waals surface area contributed by atoms with E-state index in [1.165, 1.54) is 4.57 Å². The van der Waals surface area contributed by atoms with E-state index in [4.69, 9.17) is 0 Å². The molecule has 5 rings (SSSR count). The molecule has 7 nitrogen and oxygen atoms in total. The van der Waals surface area contributed by atoms with Gasteiger partial charge in [0.2, 0.25) is 0 Å². The standard InChI is InChI=1S/C27H25N5O2/c1-30-22-11-7-13-29-24(22)26(21(18-28)27(30)34)32-16-14-31(15-17-32)25(19-8-3-2-4-9-19)20-10-5-6-12-23(20)33/h2-13,25,33H,14-17H2,1H3. The van der Waals surface area contributed by atoms with Crippen molar-refractivity contribution in [2.45, 2.75) is 6.04 Å². The van der Waals surface area contributed by atoms with Crippen LogP contribution in [0.3, 0.4) is 0 Å². The molecule has 0 spiro atoms. The van der Waals surface area contributed by atoms with E-state index >= 15 is 0 Å². The number of nitriles is 1. The minimum Gasteiger partial charge on any atom is -0.508 e. The zero-order valence-electron chi connectivity index (χ0n) is 18.9. The van der Waals surface area contributed by atoms with Gasteiger partial charge in [-0.15, -0.1) is 0 Å². The summed E-state index contributed by atoms with van der Waals surface area (Å²) in [5.74, 6) is 0.271. The van der Waals surface area contributed by atoms with Crippen LogP contribution in [0, 0.1) is 11.3 Å². The number of rotatable bonds is 4. The number of fused-ring (bicyclic) bond motifs is 1. The smallest absolute Gasteiger partial charge is 0.270 e. The average molecular weight is 452 g/mol. The minimum atomic E-state index is -0.309. The first kappa shape index (κ1) is 21.7. The number of phenolic OH excluding ortho intramolecular Hbond substituents is 1. The molecule has 2 aromatic carbocycles. The summed E-state index contributed by atoms with van der Waals surface area (Å²) in [4.78, 5) is 21.9. The van der Waals surface area contributed by atoms with Crippen molar-refractivity contribution in [1.82, 2.24) is 14.5 Å². The summed E-state index contributed by atoms with van der Waals surface area (Å²) in [5, 5.41) is 20.5. The number of pyridine rings is 2. The van der Waals surface area contributed by atoms with E-state index in [0.717, 1.165) is 11.1 Å². The highest BCUT2D eigenvalue weighted by molar-refractivity contribution is 5.91. The predicted molar refractivity (Wildman–Crippen MR) is 132 cm³/mol. The van der Waals surface area contributed by atoms with E-state index in [9.17, 15) is 15.2 Å². The van der Waals surface area contributed by atoms with Crippen molar-refractivity contribution in [1.29, 1.82) is 5.26 Å². The van der Waals surface area contributed by atoms with Crippen molar-refractivity contribution >= 4 is 16.7 Å². The fourth-order valence-corrected chi connectivity index (χ4v) is 4.90. The quantitative estimate of drug-likeness (QED) is 0.512.